The number of benzene rings is 1. The van der Waals surface area contributed by atoms with E-state index in [-0.39, 0.29) is 5.75 Å². The summed E-state index contributed by atoms with van der Waals surface area (Å²) in [6.45, 7) is 5.96. The minimum atomic E-state index is -0.469. The molecule has 1 fully saturated rings. The first-order valence-corrected chi connectivity index (χ1v) is 6.96. The third-order valence-electron chi connectivity index (χ3n) is 3.82. The molecule has 0 spiro atoms. The number of aromatic hydroxyl groups is 1. The van der Waals surface area contributed by atoms with Crippen molar-refractivity contribution < 1.29 is 5.11 Å². The van der Waals surface area contributed by atoms with Crippen molar-refractivity contribution in [2.45, 2.75) is 19.0 Å². The molecule has 0 bridgehead atoms. The van der Waals surface area contributed by atoms with Gasteiger partial charge in [-0.2, -0.15) is 0 Å². The molecule has 0 aromatic heterocycles. The highest BCUT2D eigenvalue weighted by atomic mass is 35.5. The zero-order valence-corrected chi connectivity index (χ0v) is 12.3. The van der Waals surface area contributed by atoms with E-state index in [0.717, 1.165) is 31.7 Å². The molecule has 19 heavy (non-hydrogen) atoms. The van der Waals surface area contributed by atoms with E-state index in [2.05, 4.69) is 16.8 Å². The molecule has 106 valence electrons. The van der Waals surface area contributed by atoms with Crippen LogP contribution in [0.2, 0.25) is 5.02 Å². The van der Waals surface area contributed by atoms with Gasteiger partial charge in [-0.05, 0) is 37.7 Å². The van der Waals surface area contributed by atoms with Gasteiger partial charge in [0, 0.05) is 37.6 Å². The van der Waals surface area contributed by atoms with Crippen molar-refractivity contribution in [3.63, 3.8) is 0 Å². The molecule has 1 aromatic carbocycles. The number of hydrogen-bond donors (Lipinski definition) is 2. The molecule has 3 N–H and O–H groups in total. The number of rotatable bonds is 3. The Labute approximate surface area is 119 Å². The predicted molar refractivity (Wildman–Crippen MR) is 78.5 cm³/mol. The number of hydrogen-bond acceptors (Lipinski definition) is 4. The van der Waals surface area contributed by atoms with E-state index >= 15 is 0 Å². The molecule has 1 aliphatic rings. The van der Waals surface area contributed by atoms with E-state index < -0.39 is 5.66 Å². The number of nitrogens with zero attached hydrogens (tertiary/aromatic N) is 2. The fourth-order valence-corrected chi connectivity index (χ4v) is 2.71. The van der Waals surface area contributed by atoms with Crippen molar-refractivity contribution in [1.82, 2.24) is 9.80 Å². The van der Waals surface area contributed by atoms with Gasteiger partial charge in [0.25, 0.3) is 0 Å². The molecule has 1 aliphatic heterocycles. The van der Waals surface area contributed by atoms with Crippen LogP contribution in [0.5, 0.6) is 5.75 Å². The first kappa shape index (κ1) is 14.6. The van der Waals surface area contributed by atoms with Crippen LogP contribution in [0.15, 0.2) is 18.2 Å². The van der Waals surface area contributed by atoms with E-state index in [4.69, 9.17) is 17.3 Å². The van der Waals surface area contributed by atoms with E-state index in [1.54, 1.807) is 18.2 Å². The maximum atomic E-state index is 9.90. The van der Waals surface area contributed by atoms with Crippen LogP contribution in [-0.2, 0) is 6.42 Å². The molecule has 1 atom stereocenters. The Bertz CT molecular complexity index is 442. The lowest BCUT2D eigenvalue weighted by Gasteiger charge is -2.43. The second-order valence-corrected chi connectivity index (χ2v) is 6.03. The first-order valence-electron chi connectivity index (χ1n) is 6.58. The highest BCUT2D eigenvalue weighted by molar-refractivity contribution is 6.30. The summed E-state index contributed by atoms with van der Waals surface area (Å²) in [5.74, 6) is 0.259. The van der Waals surface area contributed by atoms with E-state index in [1.807, 2.05) is 6.92 Å². The highest BCUT2D eigenvalue weighted by Crippen LogP contribution is 2.26. The van der Waals surface area contributed by atoms with Crippen LogP contribution >= 0.6 is 11.6 Å². The average molecular weight is 284 g/mol. The topological polar surface area (TPSA) is 52.7 Å². The normalized spacial score (nSPS) is 21.3. The molecule has 1 heterocycles. The van der Waals surface area contributed by atoms with E-state index in [9.17, 15) is 5.11 Å². The van der Waals surface area contributed by atoms with Crippen molar-refractivity contribution in [3.8, 4) is 5.75 Å². The molecule has 1 saturated heterocycles. The summed E-state index contributed by atoms with van der Waals surface area (Å²) in [6, 6.07) is 5.10. The molecule has 0 aliphatic carbocycles. The van der Waals surface area contributed by atoms with Gasteiger partial charge in [0.2, 0.25) is 0 Å². The first-order chi connectivity index (χ1) is 8.88. The molecule has 0 radical (unpaired) electrons. The van der Waals surface area contributed by atoms with Gasteiger partial charge >= 0.3 is 0 Å². The molecular formula is C14H22ClN3O. The number of phenolic OH excluding ortho intramolecular Hbond substituents is 1. The zero-order valence-electron chi connectivity index (χ0n) is 11.6. The second-order valence-electron chi connectivity index (χ2n) is 5.60. The van der Waals surface area contributed by atoms with Crippen LogP contribution in [0, 0.1) is 0 Å². The number of halogens is 1. The van der Waals surface area contributed by atoms with E-state index in [0.29, 0.717) is 11.4 Å². The number of phenols is 1. The Morgan fingerprint density at radius 1 is 1.32 bits per heavy atom. The fourth-order valence-electron chi connectivity index (χ4n) is 2.51. The van der Waals surface area contributed by atoms with E-state index in [1.165, 1.54) is 0 Å². The Morgan fingerprint density at radius 2 is 1.95 bits per heavy atom. The van der Waals surface area contributed by atoms with Gasteiger partial charge in [-0.1, -0.05) is 11.6 Å². The molecule has 5 heteroatoms. The molecule has 2 rings (SSSR count). The standard InChI is InChI=1S/C14H22ClN3O/c1-14(16,18-7-5-17(2)6-8-18)10-11-9-12(15)3-4-13(11)19/h3-4,9,19H,5-8,10,16H2,1-2H3. The second kappa shape index (κ2) is 5.67. The van der Waals surface area contributed by atoms with Gasteiger partial charge in [-0.25, -0.2) is 0 Å². The van der Waals surface area contributed by atoms with Crippen LogP contribution in [0.4, 0.5) is 0 Å². The smallest absolute Gasteiger partial charge is 0.118 e. The highest BCUT2D eigenvalue weighted by Gasteiger charge is 2.30. The molecule has 1 unspecified atom stereocenters. The largest absolute Gasteiger partial charge is 0.508 e. The summed E-state index contributed by atoms with van der Waals surface area (Å²) in [4.78, 5) is 4.57. The average Bonchev–Trinajstić information content (AvgIpc) is 2.34. The predicted octanol–water partition coefficient (Wildman–Crippen LogP) is 1.51. The zero-order chi connectivity index (χ0) is 14.0. The Balaban J connectivity index is 2.09. The number of likely N-dealkylation sites (N-methyl/N-ethyl adjacent to an activating group) is 1. The van der Waals surface area contributed by atoms with Crippen LogP contribution in [0.25, 0.3) is 0 Å². The summed E-state index contributed by atoms with van der Waals surface area (Å²) in [7, 11) is 2.12. The summed E-state index contributed by atoms with van der Waals surface area (Å²) >= 11 is 5.98. The minimum absolute atomic E-state index is 0.259. The van der Waals surface area contributed by atoms with Gasteiger partial charge in [0.05, 0.1) is 5.66 Å². The van der Waals surface area contributed by atoms with Crippen molar-refractivity contribution in [2.24, 2.45) is 5.73 Å². The number of piperazine rings is 1. The molecule has 0 saturated carbocycles. The van der Waals surface area contributed by atoms with Crippen molar-refractivity contribution >= 4 is 11.6 Å². The summed E-state index contributed by atoms with van der Waals surface area (Å²) in [5.41, 5.74) is 6.77. The van der Waals surface area contributed by atoms with Crippen LogP contribution < -0.4 is 5.73 Å². The van der Waals surface area contributed by atoms with Crippen molar-refractivity contribution in [3.05, 3.63) is 28.8 Å². The number of nitrogens with two attached hydrogens (primary N) is 1. The summed E-state index contributed by atoms with van der Waals surface area (Å²) in [5, 5.41) is 10.5. The third-order valence-corrected chi connectivity index (χ3v) is 4.05. The maximum Gasteiger partial charge on any atom is 0.118 e. The maximum absolute atomic E-state index is 9.90. The lowest BCUT2D eigenvalue weighted by Crippen LogP contribution is -2.60. The summed E-state index contributed by atoms with van der Waals surface area (Å²) < 4.78 is 0. The minimum Gasteiger partial charge on any atom is -0.508 e. The summed E-state index contributed by atoms with van der Waals surface area (Å²) in [6.07, 6.45) is 0.586. The molecule has 1 aromatic rings. The van der Waals surface area contributed by atoms with Gasteiger partial charge < -0.3 is 15.7 Å². The van der Waals surface area contributed by atoms with Crippen molar-refractivity contribution in [1.29, 1.82) is 0 Å². The SMILES string of the molecule is CN1CCN(C(C)(N)Cc2cc(Cl)ccc2O)CC1. The molecule has 0 amide bonds. The lowest BCUT2D eigenvalue weighted by molar-refractivity contribution is 0.0543. The van der Waals surface area contributed by atoms with Crippen LogP contribution in [0.3, 0.4) is 0 Å². The Kier molecular flexibility index (Phi) is 4.36. The molecule has 4 nitrogen and oxygen atoms in total. The van der Waals surface area contributed by atoms with Crippen LogP contribution in [0.1, 0.15) is 12.5 Å². The quantitative estimate of drug-likeness (QED) is 0.883. The Morgan fingerprint density at radius 3 is 2.58 bits per heavy atom. The monoisotopic (exact) mass is 283 g/mol. The molecular weight excluding hydrogens is 262 g/mol. The Hall–Kier alpha value is -0.810. The third kappa shape index (κ3) is 3.60. The van der Waals surface area contributed by atoms with Gasteiger partial charge in [0.15, 0.2) is 0 Å². The van der Waals surface area contributed by atoms with Crippen LogP contribution in [-0.4, -0.2) is 53.8 Å². The fraction of sp³-hybridized carbons (Fsp3) is 0.571. The van der Waals surface area contributed by atoms with Gasteiger partial charge in [0.1, 0.15) is 5.75 Å². The van der Waals surface area contributed by atoms with Gasteiger partial charge in [-0.3, -0.25) is 4.90 Å². The van der Waals surface area contributed by atoms with Crippen molar-refractivity contribution in [2.75, 3.05) is 33.2 Å². The van der Waals surface area contributed by atoms with Gasteiger partial charge in [-0.15, -0.1) is 0 Å². The lowest BCUT2D eigenvalue weighted by atomic mass is 9.99.